The molecule has 1 heterocycles. The smallest absolute Gasteiger partial charge is 0.141 e. The highest BCUT2D eigenvalue weighted by molar-refractivity contribution is 5.15. The lowest BCUT2D eigenvalue weighted by Gasteiger charge is -2.22. The molecule has 2 atom stereocenters. The third kappa shape index (κ3) is 2.49. The summed E-state index contributed by atoms with van der Waals surface area (Å²) in [6, 6.07) is 0.846. The van der Waals surface area contributed by atoms with Crippen LogP contribution < -0.4 is 5.73 Å². The van der Waals surface area contributed by atoms with Gasteiger partial charge >= 0.3 is 0 Å². The predicted molar refractivity (Wildman–Crippen MR) is 52.0 cm³/mol. The second kappa shape index (κ2) is 4.48. The van der Waals surface area contributed by atoms with Gasteiger partial charge in [-0.1, -0.05) is 13.8 Å². The molecule has 0 saturated heterocycles. The summed E-state index contributed by atoms with van der Waals surface area (Å²) in [6.07, 6.45) is 1.66. The molecular formula is C10H15FN2O. The molecule has 4 heteroatoms. The van der Waals surface area contributed by atoms with E-state index in [0.29, 0.717) is 5.56 Å². The number of aromatic nitrogens is 1. The average Bonchev–Trinajstić information content (AvgIpc) is 2.15. The summed E-state index contributed by atoms with van der Waals surface area (Å²) in [5, 5.41) is 9.75. The summed E-state index contributed by atoms with van der Waals surface area (Å²) in [6.45, 7) is 3.81. The van der Waals surface area contributed by atoms with Gasteiger partial charge in [-0.25, -0.2) is 4.39 Å². The van der Waals surface area contributed by atoms with Crippen molar-refractivity contribution in [2.24, 2.45) is 11.7 Å². The van der Waals surface area contributed by atoms with E-state index in [4.69, 9.17) is 5.73 Å². The van der Waals surface area contributed by atoms with Crippen LogP contribution in [-0.2, 0) is 0 Å². The molecule has 0 aromatic carbocycles. The number of rotatable bonds is 3. The van der Waals surface area contributed by atoms with Gasteiger partial charge in [-0.2, -0.15) is 0 Å². The molecule has 0 spiro atoms. The fourth-order valence-corrected chi connectivity index (χ4v) is 1.18. The average molecular weight is 198 g/mol. The zero-order valence-electron chi connectivity index (χ0n) is 8.31. The van der Waals surface area contributed by atoms with E-state index in [-0.39, 0.29) is 5.92 Å². The van der Waals surface area contributed by atoms with Crippen molar-refractivity contribution in [2.75, 3.05) is 0 Å². The van der Waals surface area contributed by atoms with Gasteiger partial charge in [0.25, 0.3) is 0 Å². The number of nitrogens with zero attached hydrogens (tertiary/aromatic N) is 1. The largest absolute Gasteiger partial charge is 0.387 e. The van der Waals surface area contributed by atoms with Crippen LogP contribution in [-0.4, -0.2) is 16.1 Å². The van der Waals surface area contributed by atoms with E-state index >= 15 is 0 Å². The first-order chi connectivity index (χ1) is 6.52. The molecule has 1 aromatic rings. The van der Waals surface area contributed by atoms with Crippen LogP contribution in [0.3, 0.4) is 0 Å². The Bertz CT molecular complexity index is 304. The molecule has 14 heavy (non-hydrogen) atoms. The summed E-state index contributed by atoms with van der Waals surface area (Å²) in [7, 11) is 0. The van der Waals surface area contributed by atoms with Crippen LogP contribution in [0.25, 0.3) is 0 Å². The minimum atomic E-state index is -0.863. The topological polar surface area (TPSA) is 59.1 Å². The second-order valence-corrected chi connectivity index (χ2v) is 3.70. The van der Waals surface area contributed by atoms with Crippen molar-refractivity contribution in [3.63, 3.8) is 0 Å². The van der Waals surface area contributed by atoms with E-state index in [1.807, 2.05) is 13.8 Å². The van der Waals surface area contributed by atoms with Crippen molar-refractivity contribution in [1.82, 2.24) is 4.98 Å². The molecule has 0 aliphatic carbocycles. The van der Waals surface area contributed by atoms with Crippen molar-refractivity contribution in [1.29, 1.82) is 0 Å². The second-order valence-electron chi connectivity index (χ2n) is 3.70. The lowest BCUT2D eigenvalue weighted by Crippen LogP contribution is -2.33. The minimum Gasteiger partial charge on any atom is -0.387 e. The molecule has 0 aliphatic rings. The van der Waals surface area contributed by atoms with E-state index in [0.717, 1.165) is 6.20 Å². The van der Waals surface area contributed by atoms with E-state index in [9.17, 15) is 9.50 Å². The van der Waals surface area contributed by atoms with Gasteiger partial charge in [-0.15, -0.1) is 0 Å². The molecule has 0 unspecified atom stereocenters. The van der Waals surface area contributed by atoms with E-state index in [1.54, 1.807) is 0 Å². The Kier molecular flexibility index (Phi) is 3.55. The molecule has 0 fully saturated rings. The molecule has 0 amide bonds. The SMILES string of the molecule is CC(C)[C@@H](N)[C@H](O)c1cncc(F)c1. The van der Waals surface area contributed by atoms with Crippen LogP contribution in [0.1, 0.15) is 25.5 Å². The number of halogens is 1. The first-order valence-electron chi connectivity index (χ1n) is 4.56. The molecule has 1 rings (SSSR count). The highest BCUT2D eigenvalue weighted by atomic mass is 19.1. The van der Waals surface area contributed by atoms with Gasteiger partial charge in [0.1, 0.15) is 5.82 Å². The fourth-order valence-electron chi connectivity index (χ4n) is 1.18. The van der Waals surface area contributed by atoms with Gasteiger partial charge in [0, 0.05) is 17.8 Å². The van der Waals surface area contributed by atoms with Crippen molar-refractivity contribution < 1.29 is 9.50 Å². The zero-order valence-corrected chi connectivity index (χ0v) is 8.31. The first-order valence-corrected chi connectivity index (χ1v) is 4.56. The summed E-state index contributed by atoms with van der Waals surface area (Å²) in [4.78, 5) is 3.66. The van der Waals surface area contributed by atoms with Crippen LogP contribution >= 0.6 is 0 Å². The molecule has 0 bridgehead atoms. The van der Waals surface area contributed by atoms with Crippen LogP contribution in [0, 0.1) is 11.7 Å². The third-order valence-electron chi connectivity index (χ3n) is 2.20. The molecule has 0 saturated carbocycles. The highest BCUT2D eigenvalue weighted by Gasteiger charge is 2.20. The Balaban J connectivity index is 2.83. The molecule has 1 aromatic heterocycles. The van der Waals surface area contributed by atoms with Crippen molar-refractivity contribution in [3.8, 4) is 0 Å². The van der Waals surface area contributed by atoms with Crippen LogP contribution in [0.15, 0.2) is 18.5 Å². The summed E-state index contributed by atoms with van der Waals surface area (Å²) >= 11 is 0. The number of nitrogens with two attached hydrogens (primary N) is 1. The number of pyridine rings is 1. The molecule has 0 radical (unpaired) electrons. The predicted octanol–water partition coefficient (Wildman–Crippen LogP) is 1.24. The monoisotopic (exact) mass is 198 g/mol. The Morgan fingerprint density at radius 2 is 2.07 bits per heavy atom. The van der Waals surface area contributed by atoms with Crippen LogP contribution in [0.4, 0.5) is 4.39 Å². The van der Waals surface area contributed by atoms with Crippen LogP contribution in [0.2, 0.25) is 0 Å². The van der Waals surface area contributed by atoms with E-state index in [1.165, 1.54) is 12.3 Å². The van der Waals surface area contributed by atoms with Gasteiger partial charge in [-0.05, 0) is 12.0 Å². The molecule has 3 nitrogen and oxygen atoms in total. The Hall–Kier alpha value is -1.00. The summed E-state index contributed by atoms with van der Waals surface area (Å²) < 4.78 is 12.8. The highest BCUT2D eigenvalue weighted by Crippen LogP contribution is 2.19. The zero-order chi connectivity index (χ0) is 10.7. The number of aliphatic hydroxyl groups excluding tert-OH is 1. The molecule has 78 valence electrons. The minimum absolute atomic E-state index is 0.133. The van der Waals surface area contributed by atoms with E-state index < -0.39 is 18.0 Å². The fraction of sp³-hybridized carbons (Fsp3) is 0.500. The number of hydrogen-bond donors (Lipinski definition) is 2. The number of hydrogen-bond acceptors (Lipinski definition) is 3. The summed E-state index contributed by atoms with van der Waals surface area (Å²) in [5.41, 5.74) is 6.16. The molecule has 0 aliphatic heterocycles. The van der Waals surface area contributed by atoms with Gasteiger partial charge in [0.2, 0.25) is 0 Å². The normalized spacial score (nSPS) is 15.6. The van der Waals surface area contributed by atoms with Crippen molar-refractivity contribution >= 4 is 0 Å². The van der Waals surface area contributed by atoms with Gasteiger partial charge in [-0.3, -0.25) is 4.98 Å². The Labute approximate surface area is 82.8 Å². The maximum Gasteiger partial charge on any atom is 0.141 e. The lowest BCUT2D eigenvalue weighted by molar-refractivity contribution is 0.125. The van der Waals surface area contributed by atoms with Gasteiger partial charge < -0.3 is 10.8 Å². The first kappa shape index (κ1) is 11.1. The summed E-state index contributed by atoms with van der Waals surface area (Å²) in [5.74, 6) is -0.328. The van der Waals surface area contributed by atoms with E-state index in [2.05, 4.69) is 4.98 Å². The van der Waals surface area contributed by atoms with Crippen LogP contribution in [0.5, 0.6) is 0 Å². The Morgan fingerprint density at radius 1 is 1.43 bits per heavy atom. The maximum atomic E-state index is 12.8. The Morgan fingerprint density at radius 3 is 2.57 bits per heavy atom. The third-order valence-corrected chi connectivity index (χ3v) is 2.20. The number of aliphatic hydroxyl groups is 1. The molecule has 3 N–H and O–H groups in total. The molecular weight excluding hydrogens is 183 g/mol. The standard InChI is InChI=1S/C10H15FN2O/c1-6(2)9(12)10(14)7-3-8(11)5-13-4-7/h3-6,9-10,14H,12H2,1-2H3/t9-,10-/m1/s1. The quantitative estimate of drug-likeness (QED) is 0.768. The van der Waals surface area contributed by atoms with Crippen molar-refractivity contribution in [2.45, 2.75) is 26.0 Å². The maximum absolute atomic E-state index is 12.8. The van der Waals surface area contributed by atoms with Crippen molar-refractivity contribution in [3.05, 3.63) is 29.8 Å². The van der Waals surface area contributed by atoms with Gasteiger partial charge in [0.05, 0.1) is 12.3 Å². The van der Waals surface area contributed by atoms with Gasteiger partial charge in [0.15, 0.2) is 0 Å². The lowest BCUT2D eigenvalue weighted by atomic mass is 9.95.